The molecule has 12 heavy (non-hydrogen) atoms. The first-order valence-electron chi connectivity index (χ1n) is 5.20. The van der Waals surface area contributed by atoms with Gasteiger partial charge in [-0.15, -0.1) is 0 Å². The molecule has 0 bridgehead atoms. The van der Waals surface area contributed by atoms with Gasteiger partial charge in [-0.1, -0.05) is 40.5 Å². The molecular weight excluding hydrogens is 164 g/mol. The lowest BCUT2D eigenvalue weighted by atomic mass is 10.2. The Kier molecular flexibility index (Phi) is 6.77. The number of hydrogen-bond donors (Lipinski definition) is 1. The van der Waals surface area contributed by atoms with Crippen molar-refractivity contribution in [3.63, 3.8) is 0 Å². The van der Waals surface area contributed by atoms with Crippen molar-refractivity contribution in [2.45, 2.75) is 52.6 Å². The number of rotatable bonds is 6. The van der Waals surface area contributed by atoms with E-state index in [4.69, 9.17) is 0 Å². The molecule has 74 valence electrons. The van der Waals surface area contributed by atoms with Gasteiger partial charge >= 0.3 is 0 Å². The van der Waals surface area contributed by atoms with Gasteiger partial charge in [0.05, 0.1) is 0 Å². The first-order chi connectivity index (χ1) is 5.52. The van der Waals surface area contributed by atoms with Crippen LogP contribution < -0.4 is 0 Å². The number of hydrogen-bond acceptors (Lipinski definition) is 1. The van der Waals surface area contributed by atoms with E-state index in [0.29, 0.717) is 0 Å². The third-order valence-corrected chi connectivity index (χ3v) is 4.15. The summed E-state index contributed by atoms with van der Waals surface area (Å²) >= 11 is 0. The fraction of sp³-hybridized carbons (Fsp3) is 1.00. The average Bonchev–Trinajstić information content (AvgIpc) is 1.96. The van der Waals surface area contributed by atoms with Crippen LogP contribution in [-0.4, -0.2) is 13.8 Å². The molecule has 0 aliphatic heterocycles. The third kappa shape index (κ3) is 8.28. The van der Waals surface area contributed by atoms with Crippen molar-refractivity contribution < 1.29 is 4.80 Å². The molecule has 0 aromatic carbocycles. The maximum absolute atomic E-state index is 9.69. The summed E-state index contributed by atoms with van der Waals surface area (Å²) in [6.07, 6.45) is 2.43. The SMILES string of the molecule is CC(C)CC[SiH](O)CCC(C)C. The van der Waals surface area contributed by atoms with Gasteiger partial charge in [0.25, 0.3) is 0 Å². The summed E-state index contributed by atoms with van der Waals surface area (Å²) in [4.78, 5) is 9.69. The summed E-state index contributed by atoms with van der Waals surface area (Å²) < 4.78 is 0. The van der Waals surface area contributed by atoms with Gasteiger partial charge in [-0.25, -0.2) is 0 Å². The first kappa shape index (κ1) is 12.2. The molecule has 0 aliphatic carbocycles. The van der Waals surface area contributed by atoms with Crippen molar-refractivity contribution in [1.82, 2.24) is 0 Å². The van der Waals surface area contributed by atoms with Crippen LogP contribution in [0.3, 0.4) is 0 Å². The predicted octanol–water partition coefficient (Wildman–Crippen LogP) is 2.79. The zero-order valence-corrected chi connectivity index (χ0v) is 10.2. The van der Waals surface area contributed by atoms with Crippen molar-refractivity contribution in [2.75, 3.05) is 0 Å². The van der Waals surface area contributed by atoms with Crippen LogP contribution >= 0.6 is 0 Å². The standard InChI is InChI=1S/C10H24OSi/c1-9(2)5-7-12(11)8-6-10(3)4/h9-12H,5-8H2,1-4H3. The van der Waals surface area contributed by atoms with Gasteiger partial charge in [-0.3, -0.25) is 0 Å². The molecule has 0 spiro atoms. The molecule has 0 unspecified atom stereocenters. The first-order valence-corrected chi connectivity index (χ1v) is 7.35. The molecule has 0 aromatic rings. The summed E-state index contributed by atoms with van der Waals surface area (Å²) in [5.41, 5.74) is 0. The van der Waals surface area contributed by atoms with Crippen LogP contribution in [0.2, 0.25) is 12.1 Å². The van der Waals surface area contributed by atoms with E-state index < -0.39 is 9.04 Å². The van der Waals surface area contributed by atoms with Crippen LogP contribution in [0.25, 0.3) is 0 Å². The molecule has 0 amide bonds. The van der Waals surface area contributed by atoms with Crippen LogP contribution in [0.1, 0.15) is 40.5 Å². The molecule has 0 fully saturated rings. The minimum absolute atomic E-state index is 0.756. The highest BCUT2D eigenvalue weighted by Gasteiger charge is 2.08. The van der Waals surface area contributed by atoms with Gasteiger partial charge in [0.2, 0.25) is 0 Å². The highest BCUT2D eigenvalue weighted by Crippen LogP contribution is 2.12. The summed E-state index contributed by atoms with van der Waals surface area (Å²) in [5, 5.41) is 0. The average molecular weight is 188 g/mol. The topological polar surface area (TPSA) is 20.2 Å². The van der Waals surface area contributed by atoms with Crippen molar-refractivity contribution in [3.8, 4) is 0 Å². The van der Waals surface area contributed by atoms with E-state index in [9.17, 15) is 4.80 Å². The van der Waals surface area contributed by atoms with E-state index in [1.54, 1.807) is 0 Å². The highest BCUT2D eigenvalue weighted by molar-refractivity contribution is 6.50. The smallest absolute Gasteiger partial charge is 0.172 e. The minimum atomic E-state index is -1.31. The molecule has 0 atom stereocenters. The molecule has 0 aromatic heterocycles. The Labute approximate surface area is 78.9 Å². The fourth-order valence-electron chi connectivity index (χ4n) is 1.20. The molecule has 1 nitrogen and oxygen atoms in total. The summed E-state index contributed by atoms with van der Waals surface area (Å²) in [6.45, 7) is 8.90. The van der Waals surface area contributed by atoms with E-state index in [-0.39, 0.29) is 0 Å². The normalized spacial score (nSPS) is 12.0. The van der Waals surface area contributed by atoms with Crippen LogP contribution in [0.4, 0.5) is 0 Å². The highest BCUT2D eigenvalue weighted by atomic mass is 28.3. The van der Waals surface area contributed by atoms with Gasteiger partial charge in [-0.2, -0.15) is 0 Å². The minimum Gasteiger partial charge on any atom is -0.435 e. The van der Waals surface area contributed by atoms with E-state index in [1.807, 2.05) is 0 Å². The third-order valence-electron chi connectivity index (χ3n) is 2.15. The Bertz CT molecular complexity index is 90.0. The molecule has 0 saturated heterocycles. The molecule has 0 heterocycles. The summed E-state index contributed by atoms with van der Waals surface area (Å²) in [5.74, 6) is 1.51. The molecule has 0 radical (unpaired) electrons. The van der Waals surface area contributed by atoms with E-state index in [0.717, 1.165) is 23.9 Å². The maximum Gasteiger partial charge on any atom is 0.172 e. The predicted molar refractivity (Wildman–Crippen MR) is 57.9 cm³/mol. The lowest BCUT2D eigenvalue weighted by molar-refractivity contribution is 0.521. The Morgan fingerprint density at radius 2 is 1.25 bits per heavy atom. The Balaban J connectivity index is 3.27. The second kappa shape index (κ2) is 6.67. The van der Waals surface area contributed by atoms with Crippen molar-refractivity contribution in [2.24, 2.45) is 11.8 Å². The van der Waals surface area contributed by atoms with Crippen LogP contribution in [0.15, 0.2) is 0 Å². The maximum atomic E-state index is 9.69. The lowest BCUT2D eigenvalue weighted by Gasteiger charge is -2.11. The second-order valence-corrected chi connectivity index (χ2v) is 7.06. The van der Waals surface area contributed by atoms with E-state index in [2.05, 4.69) is 27.7 Å². The molecule has 0 aliphatic rings. The van der Waals surface area contributed by atoms with Crippen LogP contribution in [-0.2, 0) is 0 Å². The van der Waals surface area contributed by atoms with E-state index in [1.165, 1.54) is 12.8 Å². The fourth-order valence-corrected chi connectivity index (χ4v) is 3.59. The van der Waals surface area contributed by atoms with Gasteiger partial charge in [0.15, 0.2) is 9.04 Å². The molecule has 0 saturated carbocycles. The van der Waals surface area contributed by atoms with Crippen molar-refractivity contribution >= 4 is 9.04 Å². The monoisotopic (exact) mass is 188 g/mol. The van der Waals surface area contributed by atoms with Crippen LogP contribution in [0, 0.1) is 11.8 Å². The summed E-state index contributed by atoms with van der Waals surface area (Å²) in [7, 11) is -1.31. The van der Waals surface area contributed by atoms with Gasteiger partial charge < -0.3 is 4.80 Å². The molecule has 2 heteroatoms. The Hall–Kier alpha value is 0.177. The van der Waals surface area contributed by atoms with Gasteiger partial charge in [-0.05, 0) is 23.9 Å². The van der Waals surface area contributed by atoms with Gasteiger partial charge in [0, 0.05) is 0 Å². The quantitative estimate of drug-likeness (QED) is 0.636. The molecule has 0 rings (SSSR count). The summed E-state index contributed by atoms with van der Waals surface area (Å²) in [6, 6.07) is 2.23. The second-order valence-electron chi connectivity index (χ2n) is 4.60. The van der Waals surface area contributed by atoms with Crippen molar-refractivity contribution in [1.29, 1.82) is 0 Å². The Morgan fingerprint density at radius 1 is 0.917 bits per heavy atom. The lowest BCUT2D eigenvalue weighted by Crippen LogP contribution is -2.13. The molecule has 1 N–H and O–H groups in total. The zero-order valence-electron chi connectivity index (χ0n) is 9.01. The zero-order chi connectivity index (χ0) is 9.56. The van der Waals surface area contributed by atoms with E-state index >= 15 is 0 Å². The molecular formula is C10H24OSi. The largest absolute Gasteiger partial charge is 0.435 e. The van der Waals surface area contributed by atoms with Crippen molar-refractivity contribution in [3.05, 3.63) is 0 Å². The van der Waals surface area contributed by atoms with Crippen LogP contribution in [0.5, 0.6) is 0 Å². The Morgan fingerprint density at radius 3 is 1.50 bits per heavy atom. The van der Waals surface area contributed by atoms with Gasteiger partial charge in [0.1, 0.15) is 0 Å².